The van der Waals surface area contributed by atoms with Crippen LogP contribution < -0.4 is 10.1 Å². The second-order valence-electron chi connectivity index (χ2n) is 5.77. The molecule has 6 nitrogen and oxygen atoms in total. The summed E-state index contributed by atoms with van der Waals surface area (Å²) in [7, 11) is 0. The number of benzene rings is 2. The van der Waals surface area contributed by atoms with Gasteiger partial charge in [-0.1, -0.05) is 13.0 Å². The third-order valence-corrected chi connectivity index (χ3v) is 3.68. The fourth-order valence-corrected chi connectivity index (χ4v) is 2.28. The van der Waals surface area contributed by atoms with E-state index in [1.807, 2.05) is 6.92 Å². The number of aryl methyl sites for hydroxylation is 1. The molecule has 144 valence electrons. The smallest absolute Gasteiger partial charge is 0.416 e. The SMILES string of the molecule is CCCOc1ccc(C(F)(F)F)cc1NC(=O)c1ccc(C)c([N+](=O)[O-])c1. The standard InChI is InChI=1S/C18H17F3N2O4/c1-3-8-27-16-7-6-13(18(19,20)21)10-14(16)22-17(24)12-5-4-11(2)15(9-12)23(25)26/h4-7,9-10H,3,8H2,1-2H3,(H,22,24). The second kappa shape index (κ2) is 8.07. The van der Waals surface area contributed by atoms with Crippen molar-refractivity contribution in [3.05, 3.63) is 63.2 Å². The Kier molecular flexibility index (Phi) is 6.04. The molecular weight excluding hydrogens is 365 g/mol. The van der Waals surface area contributed by atoms with E-state index in [9.17, 15) is 28.1 Å². The molecule has 0 fully saturated rings. The zero-order valence-corrected chi connectivity index (χ0v) is 14.6. The highest BCUT2D eigenvalue weighted by molar-refractivity contribution is 6.05. The van der Waals surface area contributed by atoms with Gasteiger partial charge in [-0.15, -0.1) is 0 Å². The van der Waals surface area contributed by atoms with E-state index in [0.29, 0.717) is 12.0 Å². The summed E-state index contributed by atoms with van der Waals surface area (Å²) in [6.07, 6.45) is -3.97. The minimum atomic E-state index is -4.59. The van der Waals surface area contributed by atoms with E-state index in [2.05, 4.69) is 5.32 Å². The number of rotatable bonds is 6. The van der Waals surface area contributed by atoms with Gasteiger partial charge < -0.3 is 10.1 Å². The quantitative estimate of drug-likeness (QED) is 0.565. The van der Waals surface area contributed by atoms with Gasteiger partial charge in [0, 0.05) is 17.2 Å². The number of halogens is 3. The highest BCUT2D eigenvalue weighted by atomic mass is 19.4. The van der Waals surface area contributed by atoms with Crippen LogP contribution in [0.5, 0.6) is 5.75 Å². The number of amides is 1. The monoisotopic (exact) mass is 382 g/mol. The molecule has 2 aromatic rings. The van der Waals surface area contributed by atoms with Crippen molar-refractivity contribution in [1.82, 2.24) is 0 Å². The normalized spacial score (nSPS) is 11.1. The van der Waals surface area contributed by atoms with Gasteiger partial charge in [-0.3, -0.25) is 14.9 Å². The average Bonchev–Trinajstić information content (AvgIpc) is 2.59. The predicted octanol–water partition coefficient (Wildman–Crippen LogP) is 4.96. The van der Waals surface area contributed by atoms with Crippen LogP contribution in [0, 0.1) is 17.0 Å². The maximum Gasteiger partial charge on any atom is 0.416 e. The lowest BCUT2D eigenvalue weighted by Gasteiger charge is -2.15. The molecule has 0 unspecified atom stereocenters. The lowest BCUT2D eigenvalue weighted by atomic mass is 10.1. The van der Waals surface area contributed by atoms with Gasteiger partial charge in [0.05, 0.1) is 22.8 Å². The Balaban J connectivity index is 2.37. The molecule has 0 aromatic heterocycles. The molecule has 0 saturated heterocycles. The zero-order chi connectivity index (χ0) is 20.2. The van der Waals surface area contributed by atoms with Crippen molar-refractivity contribution in [2.45, 2.75) is 26.4 Å². The van der Waals surface area contributed by atoms with E-state index in [-0.39, 0.29) is 29.3 Å². The van der Waals surface area contributed by atoms with Gasteiger partial charge >= 0.3 is 6.18 Å². The van der Waals surface area contributed by atoms with E-state index in [1.165, 1.54) is 19.1 Å². The summed E-state index contributed by atoms with van der Waals surface area (Å²) in [6.45, 7) is 3.60. The van der Waals surface area contributed by atoms with Crippen molar-refractivity contribution >= 4 is 17.3 Å². The Bertz CT molecular complexity index is 866. The Morgan fingerprint density at radius 1 is 1.22 bits per heavy atom. The first-order chi connectivity index (χ1) is 12.6. The Hall–Kier alpha value is -3.10. The predicted molar refractivity (Wildman–Crippen MR) is 93.0 cm³/mol. The number of carbonyl (C=O) groups excluding carboxylic acids is 1. The molecule has 1 N–H and O–H groups in total. The summed E-state index contributed by atoms with van der Waals surface area (Å²) >= 11 is 0. The largest absolute Gasteiger partial charge is 0.491 e. The fourth-order valence-electron chi connectivity index (χ4n) is 2.28. The summed E-state index contributed by atoms with van der Waals surface area (Å²) in [5.74, 6) is -0.696. The fraction of sp³-hybridized carbons (Fsp3) is 0.278. The van der Waals surface area contributed by atoms with Gasteiger partial charge in [-0.2, -0.15) is 13.2 Å². The molecule has 2 aromatic carbocycles. The van der Waals surface area contributed by atoms with Crippen molar-refractivity contribution in [3.63, 3.8) is 0 Å². The molecule has 27 heavy (non-hydrogen) atoms. The van der Waals surface area contributed by atoms with Crippen LogP contribution in [-0.2, 0) is 6.18 Å². The van der Waals surface area contributed by atoms with Crippen LogP contribution in [0.4, 0.5) is 24.5 Å². The molecule has 1 amide bonds. The number of hydrogen-bond donors (Lipinski definition) is 1. The third-order valence-electron chi connectivity index (χ3n) is 3.68. The lowest BCUT2D eigenvalue weighted by molar-refractivity contribution is -0.385. The molecule has 0 aliphatic carbocycles. The van der Waals surface area contributed by atoms with E-state index in [4.69, 9.17) is 4.74 Å². The average molecular weight is 382 g/mol. The molecule has 0 spiro atoms. The molecule has 0 bridgehead atoms. The molecule has 0 atom stereocenters. The highest BCUT2D eigenvalue weighted by Crippen LogP contribution is 2.35. The number of anilines is 1. The number of nitro benzene ring substituents is 1. The molecule has 0 aliphatic rings. The Morgan fingerprint density at radius 3 is 2.52 bits per heavy atom. The summed E-state index contributed by atoms with van der Waals surface area (Å²) in [5.41, 5.74) is -1.05. The number of nitro groups is 1. The van der Waals surface area contributed by atoms with Crippen LogP contribution in [-0.4, -0.2) is 17.4 Å². The van der Waals surface area contributed by atoms with Crippen molar-refractivity contribution in [2.24, 2.45) is 0 Å². The van der Waals surface area contributed by atoms with Crippen LogP contribution in [0.25, 0.3) is 0 Å². The summed E-state index contributed by atoms with van der Waals surface area (Å²) in [4.78, 5) is 22.8. The van der Waals surface area contributed by atoms with Gasteiger partial charge in [-0.25, -0.2) is 0 Å². The number of ether oxygens (including phenoxy) is 1. The van der Waals surface area contributed by atoms with Crippen LogP contribution >= 0.6 is 0 Å². The van der Waals surface area contributed by atoms with Gasteiger partial charge in [0.2, 0.25) is 0 Å². The number of hydrogen-bond acceptors (Lipinski definition) is 4. The molecule has 9 heteroatoms. The Labute approximate surface area is 153 Å². The van der Waals surface area contributed by atoms with E-state index >= 15 is 0 Å². The van der Waals surface area contributed by atoms with Crippen LogP contribution in [0.2, 0.25) is 0 Å². The van der Waals surface area contributed by atoms with Gasteiger partial charge in [0.25, 0.3) is 11.6 Å². The first kappa shape index (κ1) is 20.2. The molecule has 0 heterocycles. The minimum Gasteiger partial charge on any atom is -0.491 e. The van der Waals surface area contributed by atoms with Crippen LogP contribution in [0.15, 0.2) is 36.4 Å². The van der Waals surface area contributed by atoms with Gasteiger partial charge in [-0.05, 0) is 37.6 Å². The first-order valence-corrected chi connectivity index (χ1v) is 8.04. The first-order valence-electron chi connectivity index (χ1n) is 8.04. The zero-order valence-electron chi connectivity index (χ0n) is 14.6. The number of carbonyl (C=O) groups is 1. The van der Waals surface area contributed by atoms with E-state index < -0.39 is 22.6 Å². The maximum atomic E-state index is 13.0. The van der Waals surface area contributed by atoms with E-state index in [1.54, 1.807) is 0 Å². The second-order valence-corrected chi connectivity index (χ2v) is 5.77. The summed E-state index contributed by atoms with van der Waals surface area (Å²) in [6, 6.07) is 6.59. The van der Waals surface area contributed by atoms with Crippen LogP contribution in [0.1, 0.15) is 34.8 Å². The van der Waals surface area contributed by atoms with Gasteiger partial charge in [0.15, 0.2) is 0 Å². The molecule has 0 saturated carbocycles. The highest BCUT2D eigenvalue weighted by Gasteiger charge is 2.31. The van der Waals surface area contributed by atoms with E-state index in [0.717, 1.165) is 24.3 Å². The van der Waals surface area contributed by atoms with Crippen molar-refractivity contribution in [2.75, 3.05) is 11.9 Å². The molecule has 0 radical (unpaired) electrons. The third kappa shape index (κ3) is 4.96. The van der Waals surface area contributed by atoms with Crippen molar-refractivity contribution in [1.29, 1.82) is 0 Å². The summed E-state index contributed by atoms with van der Waals surface area (Å²) in [5, 5.41) is 13.4. The topological polar surface area (TPSA) is 81.5 Å². The lowest BCUT2D eigenvalue weighted by Crippen LogP contribution is -2.15. The van der Waals surface area contributed by atoms with Gasteiger partial charge in [0.1, 0.15) is 5.75 Å². The molecule has 2 rings (SSSR count). The molecule has 0 aliphatic heterocycles. The molecular formula is C18H17F3N2O4. The van der Waals surface area contributed by atoms with Crippen molar-refractivity contribution in [3.8, 4) is 5.75 Å². The summed E-state index contributed by atoms with van der Waals surface area (Å²) < 4.78 is 44.3. The number of alkyl halides is 3. The van der Waals surface area contributed by atoms with Crippen LogP contribution in [0.3, 0.4) is 0 Å². The maximum absolute atomic E-state index is 13.0. The Morgan fingerprint density at radius 2 is 1.93 bits per heavy atom. The minimum absolute atomic E-state index is 0.0499. The van der Waals surface area contributed by atoms with Crippen molar-refractivity contribution < 1.29 is 27.6 Å². The number of nitrogens with one attached hydrogen (secondary N) is 1. The number of nitrogens with zero attached hydrogens (tertiary/aromatic N) is 1.